The maximum absolute atomic E-state index is 11.8. The second kappa shape index (κ2) is 5.51. The quantitative estimate of drug-likeness (QED) is 0.896. The van der Waals surface area contributed by atoms with Crippen LogP contribution in [0.3, 0.4) is 0 Å². The third-order valence-electron chi connectivity index (χ3n) is 2.92. The first-order valence-electron chi connectivity index (χ1n) is 5.71. The Morgan fingerprint density at radius 1 is 1.53 bits per heavy atom. The number of carbonyl (C=O) groups is 1. The van der Waals surface area contributed by atoms with E-state index in [-0.39, 0.29) is 6.03 Å². The zero-order valence-electron chi connectivity index (χ0n) is 9.53. The normalized spacial score (nSPS) is 20.2. The van der Waals surface area contributed by atoms with Gasteiger partial charge in [0.1, 0.15) is 0 Å². The highest BCUT2D eigenvalue weighted by atomic mass is 79.9. The molecule has 17 heavy (non-hydrogen) atoms. The summed E-state index contributed by atoms with van der Waals surface area (Å²) in [6.45, 7) is 2.12. The molecule has 4 nitrogen and oxygen atoms in total. The lowest BCUT2D eigenvalue weighted by Gasteiger charge is -2.33. The fraction of sp³-hybridized carbons (Fsp3) is 0.417. The van der Waals surface area contributed by atoms with Crippen LogP contribution in [0.15, 0.2) is 28.7 Å². The van der Waals surface area contributed by atoms with E-state index in [4.69, 9.17) is 5.73 Å². The number of urea groups is 1. The molecule has 1 aliphatic rings. The minimum Gasteiger partial charge on any atom is -0.337 e. The smallest absolute Gasteiger partial charge is 0.321 e. The van der Waals surface area contributed by atoms with Crippen molar-refractivity contribution in [2.75, 3.05) is 24.5 Å². The summed E-state index contributed by atoms with van der Waals surface area (Å²) in [7, 11) is 0. The van der Waals surface area contributed by atoms with Crippen molar-refractivity contribution in [2.45, 2.75) is 6.42 Å². The van der Waals surface area contributed by atoms with E-state index < -0.39 is 0 Å². The molecule has 1 heterocycles. The first kappa shape index (κ1) is 12.4. The van der Waals surface area contributed by atoms with Gasteiger partial charge < -0.3 is 11.1 Å². The molecule has 1 atom stereocenters. The minimum absolute atomic E-state index is 0.0311. The average Bonchev–Trinajstić information content (AvgIpc) is 2.32. The van der Waals surface area contributed by atoms with Crippen LogP contribution in [0.1, 0.15) is 6.42 Å². The Bertz CT molecular complexity index is 410. The van der Waals surface area contributed by atoms with Crippen LogP contribution in [0.2, 0.25) is 0 Å². The van der Waals surface area contributed by atoms with Gasteiger partial charge in [-0.25, -0.2) is 4.79 Å². The zero-order chi connectivity index (χ0) is 12.3. The average molecular weight is 298 g/mol. The molecule has 2 amide bonds. The molecule has 0 aromatic heterocycles. The second-order valence-electron chi connectivity index (χ2n) is 4.22. The minimum atomic E-state index is -0.0311. The molecule has 1 aromatic rings. The van der Waals surface area contributed by atoms with E-state index in [2.05, 4.69) is 21.2 Å². The highest BCUT2D eigenvalue weighted by molar-refractivity contribution is 9.10. The van der Waals surface area contributed by atoms with Crippen molar-refractivity contribution in [1.29, 1.82) is 0 Å². The van der Waals surface area contributed by atoms with Crippen LogP contribution in [0.5, 0.6) is 0 Å². The topological polar surface area (TPSA) is 58.4 Å². The number of nitrogens with two attached hydrogens (primary N) is 1. The number of hydrogen-bond donors (Lipinski definition) is 2. The largest absolute Gasteiger partial charge is 0.337 e. The molecule has 0 spiro atoms. The van der Waals surface area contributed by atoms with Gasteiger partial charge in [0.25, 0.3) is 0 Å². The van der Waals surface area contributed by atoms with E-state index in [1.54, 1.807) is 4.90 Å². The first-order chi connectivity index (χ1) is 8.20. The van der Waals surface area contributed by atoms with Gasteiger partial charge in [0.2, 0.25) is 0 Å². The zero-order valence-corrected chi connectivity index (χ0v) is 11.1. The number of hydrogen-bond acceptors (Lipinski definition) is 2. The second-order valence-corrected chi connectivity index (χ2v) is 5.14. The Balaban J connectivity index is 2.15. The van der Waals surface area contributed by atoms with Crippen molar-refractivity contribution in [1.82, 2.24) is 5.32 Å². The summed E-state index contributed by atoms with van der Waals surface area (Å²) in [5.74, 6) is 0.427. The molecule has 0 bridgehead atoms. The number of amides is 2. The molecule has 0 radical (unpaired) electrons. The van der Waals surface area contributed by atoms with Crippen molar-refractivity contribution >= 4 is 27.6 Å². The molecular weight excluding hydrogens is 282 g/mol. The Morgan fingerprint density at radius 2 is 2.35 bits per heavy atom. The third-order valence-corrected chi connectivity index (χ3v) is 3.42. The summed E-state index contributed by atoms with van der Waals surface area (Å²) in [4.78, 5) is 13.6. The fourth-order valence-corrected chi connectivity index (χ4v) is 2.42. The number of halogens is 1. The Labute approximate surface area is 109 Å². The summed E-state index contributed by atoms with van der Waals surface area (Å²) in [5, 5.41) is 2.90. The molecule has 1 fully saturated rings. The number of anilines is 1. The summed E-state index contributed by atoms with van der Waals surface area (Å²) >= 11 is 3.42. The van der Waals surface area contributed by atoms with Crippen LogP contribution in [0, 0.1) is 5.92 Å². The molecule has 1 aliphatic heterocycles. The molecule has 0 saturated carbocycles. The molecule has 1 unspecified atom stereocenters. The van der Waals surface area contributed by atoms with Crippen LogP contribution in [-0.2, 0) is 0 Å². The molecule has 3 N–H and O–H groups in total. The number of benzene rings is 1. The molecule has 92 valence electrons. The number of carbonyl (C=O) groups excluding carboxylic acids is 1. The Morgan fingerprint density at radius 3 is 3.06 bits per heavy atom. The molecule has 5 heteroatoms. The van der Waals surface area contributed by atoms with Gasteiger partial charge in [-0.05, 0) is 37.1 Å². The maximum Gasteiger partial charge on any atom is 0.321 e. The van der Waals surface area contributed by atoms with Gasteiger partial charge >= 0.3 is 6.03 Å². The van der Waals surface area contributed by atoms with E-state index >= 15 is 0 Å². The maximum atomic E-state index is 11.8. The predicted molar refractivity (Wildman–Crippen MR) is 72.0 cm³/mol. The molecule has 0 aliphatic carbocycles. The van der Waals surface area contributed by atoms with Gasteiger partial charge in [-0.2, -0.15) is 0 Å². The van der Waals surface area contributed by atoms with E-state index in [9.17, 15) is 4.79 Å². The van der Waals surface area contributed by atoms with Gasteiger partial charge in [0.15, 0.2) is 0 Å². The lowest BCUT2D eigenvalue weighted by Crippen LogP contribution is -2.51. The predicted octanol–water partition coefficient (Wildman–Crippen LogP) is 1.94. The highest BCUT2D eigenvalue weighted by Gasteiger charge is 2.25. The van der Waals surface area contributed by atoms with Crippen LogP contribution in [0.25, 0.3) is 0 Å². The van der Waals surface area contributed by atoms with E-state index in [0.29, 0.717) is 12.5 Å². The highest BCUT2D eigenvalue weighted by Crippen LogP contribution is 2.23. The van der Waals surface area contributed by atoms with Crippen LogP contribution < -0.4 is 16.0 Å². The van der Waals surface area contributed by atoms with Crippen LogP contribution >= 0.6 is 15.9 Å². The SMILES string of the molecule is NCCC1CNC(=O)N(c2cccc(Br)c2)C1. The van der Waals surface area contributed by atoms with Gasteiger partial charge in [0.05, 0.1) is 0 Å². The Hall–Kier alpha value is -1.07. The number of rotatable bonds is 3. The van der Waals surface area contributed by atoms with Crippen molar-refractivity contribution in [3.05, 3.63) is 28.7 Å². The molecular formula is C12H16BrN3O. The van der Waals surface area contributed by atoms with Gasteiger partial charge in [0, 0.05) is 23.2 Å². The van der Waals surface area contributed by atoms with E-state index in [0.717, 1.165) is 29.7 Å². The summed E-state index contributed by atoms with van der Waals surface area (Å²) < 4.78 is 0.976. The van der Waals surface area contributed by atoms with Gasteiger partial charge in [-0.1, -0.05) is 22.0 Å². The van der Waals surface area contributed by atoms with Crippen LogP contribution in [0.4, 0.5) is 10.5 Å². The van der Waals surface area contributed by atoms with Crippen molar-refractivity contribution in [3.8, 4) is 0 Å². The lowest BCUT2D eigenvalue weighted by atomic mass is 10.0. The fourth-order valence-electron chi connectivity index (χ4n) is 2.03. The molecule has 1 saturated heterocycles. The van der Waals surface area contributed by atoms with Gasteiger partial charge in [-0.3, -0.25) is 4.90 Å². The summed E-state index contributed by atoms with van der Waals surface area (Å²) in [5.41, 5.74) is 6.48. The van der Waals surface area contributed by atoms with Gasteiger partial charge in [-0.15, -0.1) is 0 Å². The number of nitrogens with one attached hydrogen (secondary N) is 1. The van der Waals surface area contributed by atoms with E-state index in [1.807, 2.05) is 24.3 Å². The summed E-state index contributed by atoms with van der Waals surface area (Å²) in [6.07, 6.45) is 0.935. The molecule has 2 rings (SSSR count). The third kappa shape index (κ3) is 2.98. The lowest BCUT2D eigenvalue weighted by molar-refractivity contribution is 0.236. The Kier molecular flexibility index (Phi) is 4.02. The van der Waals surface area contributed by atoms with Crippen LogP contribution in [-0.4, -0.2) is 25.7 Å². The van der Waals surface area contributed by atoms with Crippen molar-refractivity contribution in [3.63, 3.8) is 0 Å². The van der Waals surface area contributed by atoms with E-state index in [1.165, 1.54) is 0 Å². The first-order valence-corrected chi connectivity index (χ1v) is 6.51. The molecule has 1 aromatic carbocycles. The monoisotopic (exact) mass is 297 g/mol. The standard InChI is InChI=1S/C12H16BrN3O/c13-10-2-1-3-11(6-10)16-8-9(4-5-14)7-15-12(16)17/h1-3,6,9H,4-5,7-8,14H2,(H,15,17). The van der Waals surface area contributed by atoms with Crippen molar-refractivity contribution in [2.24, 2.45) is 11.7 Å². The summed E-state index contributed by atoms with van der Waals surface area (Å²) in [6, 6.07) is 7.73. The number of nitrogens with zero attached hydrogens (tertiary/aromatic N) is 1. The van der Waals surface area contributed by atoms with Crippen molar-refractivity contribution < 1.29 is 4.79 Å².